The molecule has 0 aliphatic heterocycles. The number of rotatable bonds is 0. The van der Waals surface area contributed by atoms with Gasteiger partial charge in [0.15, 0.2) is 0 Å². The van der Waals surface area contributed by atoms with Gasteiger partial charge in [0.05, 0.1) is 0 Å². The van der Waals surface area contributed by atoms with Gasteiger partial charge in [0.1, 0.15) is 0 Å². The van der Waals surface area contributed by atoms with Gasteiger partial charge in [-0.1, -0.05) is 37.1 Å². The SMILES string of the molecule is C/C(N)=C1\CC2(CCCC2)c2ccccc21. The van der Waals surface area contributed by atoms with Crippen molar-refractivity contribution in [3.05, 3.63) is 41.1 Å². The number of hydrogen-bond donors (Lipinski definition) is 1. The van der Waals surface area contributed by atoms with Gasteiger partial charge in [-0.3, -0.25) is 0 Å². The van der Waals surface area contributed by atoms with Crippen molar-refractivity contribution in [2.24, 2.45) is 5.73 Å². The summed E-state index contributed by atoms with van der Waals surface area (Å²) in [5, 5.41) is 0. The molecule has 0 aromatic heterocycles. The summed E-state index contributed by atoms with van der Waals surface area (Å²) in [6.07, 6.45) is 6.63. The van der Waals surface area contributed by atoms with E-state index in [2.05, 4.69) is 24.3 Å². The first-order valence-corrected chi connectivity index (χ1v) is 6.28. The van der Waals surface area contributed by atoms with Crippen molar-refractivity contribution in [1.82, 2.24) is 0 Å². The standard InChI is InChI=1S/C15H19N/c1-11(16)13-10-15(8-4-5-9-15)14-7-3-2-6-12(13)14/h2-3,6-7H,4-5,8-10,16H2,1H3/b13-11-. The molecule has 1 fully saturated rings. The minimum atomic E-state index is 0.437. The molecule has 3 rings (SSSR count). The molecule has 0 unspecified atom stereocenters. The van der Waals surface area contributed by atoms with Crippen LogP contribution in [-0.4, -0.2) is 0 Å². The Balaban J connectivity index is 2.20. The Labute approximate surface area is 97.4 Å². The highest BCUT2D eigenvalue weighted by atomic mass is 14.6. The molecule has 0 bridgehead atoms. The largest absolute Gasteiger partial charge is 0.402 e. The van der Waals surface area contributed by atoms with Crippen LogP contribution in [0.4, 0.5) is 0 Å². The van der Waals surface area contributed by atoms with E-state index in [1.807, 2.05) is 6.92 Å². The average Bonchev–Trinajstić information content (AvgIpc) is 2.87. The van der Waals surface area contributed by atoms with Crippen LogP contribution in [0.15, 0.2) is 30.0 Å². The maximum Gasteiger partial charge on any atom is 0.00878 e. The molecule has 0 radical (unpaired) electrons. The second kappa shape index (κ2) is 3.38. The Morgan fingerprint density at radius 3 is 2.56 bits per heavy atom. The monoisotopic (exact) mass is 213 g/mol. The number of hydrogen-bond acceptors (Lipinski definition) is 1. The van der Waals surface area contributed by atoms with Crippen LogP contribution >= 0.6 is 0 Å². The van der Waals surface area contributed by atoms with Crippen LogP contribution in [0.3, 0.4) is 0 Å². The lowest BCUT2D eigenvalue weighted by Gasteiger charge is -2.23. The first kappa shape index (κ1) is 9.95. The molecule has 2 aliphatic rings. The predicted octanol–water partition coefficient (Wildman–Crippen LogP) is 3.59. The Morgan fingerprint density at radius 2 is 1.88 bits per heavy atom. The highest BCUT2D eigenvalue weighted by Crippen LogP contribution is 2.54. The van der Waals surface area contributed by atoms with Crippen LogP contribution < -0.4 is 5.73 Å². The average molecular weight is 213 g/mol. The van der Waals surface area contributed by atoms with Gasteiger partial charge >= 0.3 is 0 Å². The number of fused-ring (bicyclic) bond motifs is 2. The normalized spacial score (nSPS) is 24.8. The fourth-order valence-electron chi connectivity index (χ4n) is 3.59. The summed E-state index contributed by atoms with van der Waals surface area (Å²) in [5.41, 5.74) is 11.9. The van der Waals surface area contributed by atoms with Crippen LogP contribution in [-0.2, 0) is 5.41 Å². The molecule has 0 saturated heterocycles. The predicted molar refractivity (Wildman–Crippen MR) is 68.0 cm³/mol. The van der Waals surface area contributed by atoms with E-state index in [1.165, 1.54) is 43.2 Å². The molecule has 0 amide bonds. The van der Waals surface area contributed by atoms with Gasteiger partial charge in [-0.05, 0) is 42.9 Å². The van der Waals surface area contributed by atoms with E-state index in [0.29, 0.717) is 5.41 Å². The minimum absolute atomic E-state index is 0.437. The summed E-state index contributed by atoms with van der Waals surface area (Å²) in [7, 11) is 0. The molecule has 1 spiro atoms. The molecule has 2 N–H and O–H groups in total. The zero-order chi connectivity index (χ0) is 11.2. The fraction of sp³-hybridized carbons (Fsp3) is 0.467. The molecule has 0 heterocycles. The van der Waals surface area contributed by atoms with Gasteiger partial charge < -0.3 is 5.73 Å². The zero-order valence-electron chi connectivity index (χ0n) is 9.92. The van der Waals surface area contributed by atoms with E-state index in [0.717, 1.165) is 5.70 Å². The van der Waals surface area contributed by atoms with Crippen LogP contribution in [0.25, 0.3) is 5.57 Å². The lowest BCUT2D eigenvalue weighted by atomic mass is 9.80. The lowest BCUT2D eigenvalue weighted by molar-refractivity contribution is 0.469. The van der Waals surface area contributed by atoms with Crippen molar-refractivity contribution < 1.29 is 0 Å². The fourth-order valence-corrected chi connectivity index (χ4v) is 3.59. The van der Waals surface area contributed by atoms with Gasteiger partial charge in [0, 0.05) is 11.1 Å². The molecular weight excluding hydrogens is 194 g/mol. The van der Waals surface area contributed by atoms with E-state index in [-0.39, 0.29) is 0 Å². The second-order valence-corrected chi connectivity index (χ2v) is 5.37. The molecule has 84 valence electrons. The van der Waals surface area contributed by atoms with Crippen molar-refractivity contribution in [2.75, 3.05) is 0 Å². The summed E-state index contributed by atoms with van der Waals surface area (Å²) >= 11 is 0. The van der Waals surface area contributed by atoms with E-state index in [9.17, 15) is 0 Å². The Bertz CT molecular complexity index is 446. The Morgan fingerprint density at radius 1 is 1.19 bits per heavy atom. The summed E-state index contributed by atoms with van der Waals surface area (Å²) < 4.78 is 0. The summed E-state index contributed by atoms with van der Waals surface area (Å²) in [6, 6.07) is 8.87. The molecular formula is C15H19N. The lowest BCUT2D eigenvalue weighted by Crippen LogP contribution is -2.17. The molecule has 1 aromatic rings. The summed E-state index contributed by atoms with van der Waals surface area (Å²) in [6.45, 7) is 2.04. The van der Waals surface area contributed by atoms with Crippen LogP contribution in [0.1, 0.15) is 50.2 Å². The van der Waals surface area contributed by atoms with Gasteiger partial charge in [0.25, 0.3) is 0 Å². The van der Waals surface area contributed by atoms with Crippen LogP contribution in [0.5, 0.6) is 0 Å². The molecule has 1 aromatic carbocycles. The Hall–Kier alpha value is -1.24. The van der Waals surface area contributed by atoms with E-state index >= 15 is 0 Å². The third kappa shape index (κ3) is 1.24. The quantitative estimate of drug-likeness (QED) is 0.700. The Kier molecular flexibility index (Phi) is 2.10. The smallest absolute Gasteiger partial charge is 0.00878 e. The third-order valence-corrected chi connectivity index (χ3v) is 4.38. The summed E-state index contributed by atoms with van der Waals surface area (Å²) in [4.78, 5) is 0. The maximum absolute atomic E-state index is 6.04. The van der Waals surface area contributed by atoms with Gasteiger partial charge in [-0.15, -0.1) is 0 Å². The van der Waals surface area contributed by atoms with E-state index < -0.39 is 0 Å². The van der Waals surface area contributed by atoms with Crippen LogP contribution in [0, 0.1) is 0 Å². The molecule has 1 heteroatoms. The molecule has 0 atom stereocenters. The number of nitrogens with two attached hydrogens (primary N) is 1. The molecule has 1 nitrogen and oxygen atoms in total. The van der Waals surface area contributed by atoms with Gasteiger partial charge in [-0.2, -0.15) is 0 Å². The number of benzene rings is 1. The van der Waals surface area contributed by atoms with E-state index in [1.54, 1.807) is 5.56 Å². The summed E-state index contributed by atoms with van der Waals surface area (Å²) in [5.74, 6) is 0. The highest BCUT2D eigenvalue weighted by Gasteiger charge is 2.43. The highest BCUT2D eigenvalue weighted by molar-refractivity contribution is 5.77. The van der Waals surface area contributed by atoms with Crippen molar-refractivity contribution >= 4 is 5.57 Å². The van der Waals surface area contributed by atoms with Crippen molar-refractivity contribution in [2.45, 2.75) is 44.4 Å². The third-order valence-electron chi connectivity index (χ3n) is 4.38. The number of allylic oxidation sites excluding steroid dienone is 2. The maximum atomic E-state index is 6.04. The molecule has 2 aliphatic carbocycles. The first-order valence-electron chi connectivity index (χ1n) is 6.28. The minimum Gasteiger partial charge on any atom is -0.402 e. The van der Waals surface area contributed by atoms with Crippen molar-refractivity contribution in [3.63, 3.8) is 0 Å². The van der Waals surface area contributed by atoms with Gasteiger partial charge in [-0.25, -0.2) is 0 Å². The van der Waals surface area contributed by atoms with Crippen molar-refractivity contribution in [3.8, 4) is 0 Å². The zero-order valence-corrected chi connectivity index (χ0v) is 9.92. The second-order valence-electron chi connectivity index (χ2n) is 5.37. The van der Waals surface area contributed by atoms with Crippen LogP contribution in [0.2, 0.25) is 0 Å². The van der Waals surface area contributed by atoms with E-state index in [4.69, 9.17) is 5.73 Å². The molecule has 1 saturated carbocycles. The van der Waals surface area contributed by atoms with Crippen molar-refractivity contribution in [1.29, 1.82) is 0 Å². The van der Waals surface area contributed by atoms with Gasteiger partial charge in [0.2, 0.25) is 0 Å². The molecule has 16 heavy (non-hydrogen) atoms. The topological polar surface area (TPSA) is 26.0 Å². The first-order chi connectivity index (χ1) is 7.73.